The fraction of sp³-hybridized carbons (Fsp3) is 0.400. The Labute approximate surface area is 103 Å². The Morgan fingerprint density at radius 2 is 1.88 bits per heavy atom. The van der Waals surface area contributed by atoms with Crippen LogP contribution in [0.3, 0.4) is 0 Å². The molecule has 1 N–H and O–H groups in total. The van der Waals surface area contributed by atoms with Crippen molar-refractivity contribution in [2.75, 3.05) is 12.4 Å². The first-order valence-corrected chi connectivity index (χ1v) is 5.92. The number of nitrogens with one attached hydrogen (secondary N) is 1. The van der Waals surface area contributed by atoms with E-state index in [0.29, 0.717) is 16.9 Å². The zero-order chi connectivity index (χ0) is 12.4. The van der Waals surface area contributed by atoms with Crippen LogP contribution >= 0.6 is 11.8 Å². The number of hydrogen-bond donors (Lipinski definition) is 1. The zero-order valence-electron chi connectivity index (χ0n) is 10.1. The Hall–Kier alpha value is -1.63. The van der Waals surface area contributed by atoms with E-state index in [0.717, 1.165) is 16.4 Å². The number of hydrogen-bond acceptors (Lipinski definition) is 7. The summed E-state index contributed by atoms with van der Waals surface area (Å²) in [7, 11) is 1.83. The second-order valence-electron chi connectivity index (χ2n) is 3.49. The summed E-state index contributed by atoms with van der Waals surface area (Å²) in [4.78, 5) is 8.67. The minimum absolute atomic E-state index is 0.491. The van der Waals surface area contributed by atoms with Gasteiger partial charge in [-0.15, -0.1) is 10.2 Å². The zero-order valence-corrected chi connectivity index (χ0v) is 10.9. The van der Waals surface area contributed by atoms with E-state index >= 15 is 0 Å². The van der Waals surface area contributed by atoms with Crippen LogP contribution in [-0.4, -0.2) is 27.2 Å². The molecule has 0 radical (unpaired) electrons. The van der Waals surface area contributed by atoms with Crippen LogP contribution < -0.4 is 5.32 Å². The molecule has 2 heterocycles. The third-order valence-corrected chi connectivity index (χ3v) is 3.07. The fourth-order valence-electron chi connectivity index (χ4n) is 1.35. The van der Waals surface area contributed by atoms with Crippen LogP contribution in [0.5, 0.6) is 0 Å². The molecule has 0 saturated carbocycles. The normalized spacial score (nSPS) is 10.6. The molecule has 2 rings (SSSR count). The maximum absolute atomic E-state index is 5.32. The van der Waals surface area contributed by atoms with Crippen LogP contribution in [0.15, 0.2) is 14.7 Å². The van der Waals surface area contributed by atoms with Crippen molar-refractivity contribution >= 4 is 17.6 Å². The van der Waals surface area contributed by atoms with Gasteiger partial charge >= 0.3 is 0 Å². The molecule has 7 heteroatoms. The maximum atomic E-state index is 5.32. The number of nitrogens with zero attached hydrogens (tertiary/aromatic N) is 4. The quantitative estimate of drug-likeness (QED) is 0.836. The molecule has 0 aliphatic heterocycles. The summed E-state index contributed by atoms with van der Waals surface area (Å²) >= 11 is 1.35. The van der Waals surface area contributed by atoms with Gasteiger partial charge in [0.15, 0.2) is 0 Å². The molecule has 0 unspecified atom stereocenters. The molecule has 90 valence electrons. The molecule has 0 bridgehead atoms. The van der Waals surface area contributed by atoms with Crippen molar-refractivity contribution in [1.29, 1.82) is 0 Å². The first-order chi connectivity index (χ1) is 8.10. The van der Waals surface area contributed by atoms with Crippen molar-refractivity contribution in [3.8, 4) is 0 Å². The highest BCUT2D eigenvalue weighted by Gasteiger charge is 2.12. The molecule has 2 aromatic rings. The Morgan fingerprint density at radius 1 is 1.12 bits per heavy atom. The smallest absolute Gasteiger partial charge is 0.282 e. The van der Waals surface area contributed by atoms with Crippen LogP contribution in [0.1, 0.15) is 17.3 Å². The molecule has 0 amide bonds. The lowest BCUT2D eigenvalue weighted by atomic mass is 10.3. The van der Waals surface area contributed by atoms with E-state index in [1.807, 2.05) is 20.9 Å². The Kier molecular flexibility index (Phi) is 3.28. The molecule has 0 aliphatic rings. The molecule has 0 aliphatic carbocycles. The molecule has 0 saturated heterocycles. The number of rotatable bonds is 3. The van der Waals surface area contributed by atoms with Gasteiger partial charge in [0.25, 0.3) is 5.22 Å². The molecule has 0 spiro atoms. The predicted octanol–water partition coefficient (Wildman–Crippen LogP) is 1.98. The summed E-state index contributed by atoms with van der Waals surface area (Å²) in [6.07, 6.45) is 0. The monoisotopic (exact) mass is 251 g/mol. The van der Waals surface area contributed by atoms with Gasteiger partial charge < -0.3 is 9.73 Å². The van der Waals surface area contributed by atoms with Crippen molar-refractivity contribution in [3.05, 3.63) is 17.3 Å². The van der Waals surface area contributed by atoms with Gasteiger partial charge in [-0.1, -0.05) is 0 Å². The minimum atomic E-state index is 0.491. The van der Waals surface area contributed by atoms with Crippen molar-refractivity contribution < 1.29 is 4.42 Å². The van der Waals surface area contributed by atoms with Crippen LogP contribution in [0, 0.1) is 20.8 Å². The van der Waals surface area contributed by atoms with E-state index in [1.54, 1.807) is 6.92 Å². The highest BCUT2D eigenvalue weighted by molar-refractivity contribution is 7.99. The molecule has 2 aromatic heterocycles. The van der Waals surface area contributed by atoms with Crippen molar-refractivity contribution in [3.63, 3.8) is 0 Å². The van der Waals surface area contributed by atoms with Gasteiger partial charge in [0.2, 0.25) is 5.89 Å². The summed E-state index contributed by atoms with van der Waals surface area (Å²) in [5.74, 6) is 2.07. The highest BCUT2D eigenvalue weighted by atomic mass is 32.2. The van der Waals surface area contributed by atoms with Crippen LogP contribution in [0.2, 0.25) is 0 Å². The Morgan fingerprint density at radius 3 is 2.47 bits per heavy atom. The van der Waals surface area contributed by atoms with Gasteiger partial charge in [0.05, 0.1) is 0 Å². The molecule has 17 heavy (non-hydrogen) atoms. The number of aromatic nitrogens is 4. The predicted molar refractivity (Wildman–Crippen MR) is 64.2 cm³/mol. The molecule has 0 fully saturated rings. The van der Waals surface area contributed by atoms with Gasteiger partial charge in [-0.3, -0.25) is 0 Å². The molecule has 0 aromatic carbocycles. The van der Waals surface area contributed by atoms with Crippen LogP contribution in [0.4, 0.5) is 5.82 Å². The van der Waals surface area contributed by atoms with E-state index in [1.165, 1.54) is 11.8 Å². The van der Waals surface area contributed by atoms with Gasteiger partial charge in [-0.25, -0.2) is 9.97 Å². The van der Waals surface area contributed by atoms with E-state index < -0.39 is 0 Å². The van der Waals surface area contributed by atoms with Crippen molar-refractivity contribution in [1.82, 2.24) is 20.2 Å². The number of aryl methyl sites for hydroxylation is 2. The Bertz CT molecular complexity index is 539. The number of anilines is 1. The van der Waals surface area contributed by atoms with E-state index in [2.05, 4.69) is 25.5 Å². The molecule has 0 atom stereocenters. The second kappa shape index (κ2) is 4.70. The summed E-state index contributed by atoms with van der Waals surface area (Å²) < 4.78 is 5.32. The fourth-order valence-corrected chi connectivity index (χ4v) is 2.18. The van der Waals surface area contributed by atoms with Gasteiger partial charge in [-0.2, -0.15) is 0 Å². The van der Waals surface area contributed by atoms with E-state index in [-0.39, 0.29) is 0 Å². The summed E-state index contributed by atoms with van der Waals surface area (Å²) in [5.41, 5.74) is 0.971. The van der Waals surface area contributed by atoms with E-state index in [9.17, 15) is 0 Å². The van der Waals surface area contributed by atoms with E-state index in [4.69, 9.17) is 4.42 Å². The second-order valence-corrected chi connectivity index (χ2v) is 4.43. The molecular formula is C10H13N5OS. The largest absolute Gasteiger partial charge is 0.416 e. The SMILES string of the molecule is CNc1nc(C)nc(Sc2nnc(C)o2)c1C. The third kappa shape index (κ3) is 2.55. The van der Waals surface area contributed by atoms with Gasteiger partial charge in [-0.05, 0) is 25.6 Å². The summed E-state index contributed by atoms with van der Waals surface area (Å²) in [6.45, 7) is 5.56. The average Bonchev–Trinajstić information content (AvgIpc) is 2.69. The van der Waals surface area contributed by atoms with Gasteiger partial charge in [0, 0.05) is 19.5 Å². The first-order valence-electron chi connectivity index (χ1n) is 5.11. The van der Waals surface area contributed by atoms with Crippen molar-refractivity contribution in [2.45, 2.75) is 31.0 Å². The Balaban J connectivity index is 2.35. The summed E-state index contributed by atoms with van der Waals surface area (Å²) in [6, 6.07) is 0. The molecular weight excluding hydrogens is 238 g/mol. The van der Waals surface area contributed by atoms with Crippen molar-refractivity contribution in [2.24, 2.45) is 0 Å². The van der Waals surface area contributed by atoms with Crippen LogP contribution in [0.25, 0.3) is 0 Å². The highest BCUT2D eigenvalue weighted by Crippen LogP contribution is 2.30. The standard InChI is InChI=1S/C10H13N5OS/c1-5-8(11-4)12-6(2)13-9(5)17-10-15-14-7(3)16-10/h1-4H3,(H,11,12,13). The minimum Gasteiger partial charge on any atom is -0.416 e. The maximum Gasteiger partial charge on any atom is 0.282 e. The summed E-state index contributed by atoms with van der Waals surface area (Å²) in [5, 5.41) is 12.1. The van der Waals surface area contributed by atoms with Crippen LogP contribution in [-0.2, 0) is 0 Å². The lowest BCUT2D eigenvalue weighted by Crippen LogP contribution is -2.01. The lowest BCUT2D eigenvalue weighted by Gasteiger charge is -2.08. The average molecular weight is 251 g/mol. The molecule has 6 nitrogen and oxygen atoms in total. The topological polar surface area (TPSA) is 76.7 Å². The first kappa shape index (κ1) is 11.8. The lowest BCUT2D eigenvalue weighted by molar-refractivity contribution is 0.429. The third-order valence-electron chi connectivity index (χ3n) is 2.14. The van der Waals surface area contributed by atoms with Gasteiger partial charge in [0.1, 0.15) is 16.7 Å².